The van der Waals surface area contributed by atoms with Gasteiger partial charge in [-0.25, -0.2) is 14.6 Å². The fraction of sp³-hybridized carbons (Fsp3) is 0.350. The Morgan fingerprint density at radius 1 is 1.00 bits per heavy atom. The van der Waals surface area contributed by atoms with Gasteiger partial charge in [-0.3, -0.25) is 0 Å². The van der Waals surface area contributed by atoms with Crippen molar-refractivity contribution in [3.8, 4) is 5.69 Å². The Bertz CT molecular complexity index is 837. The van der Waals surface area contributed by atoms with Crippen LogP contribution >= 0.6 is 0 Å². The third-order valence-corrected chi connectivity index (χ3v) is 4.93. The van der Waals surface area contributed by atoms with E-state index in [9.17, 15) is 0 Å². The predicted molar refractivity (Wildman–Crippen MR) is 106 cm³/mol. The van der Waals surface area contributed by atoms with Crippen molar-refractivity contribution in [1.82, 2.24) is 30.0 Å². The molecule has 1 fully saturated rings. The molecule has 27 heavy (non-hydrogen) atoms. The first-order valence-electron chi connectivity index (χ1n) is 9.31. The molecule has 0 amide bonds. The first-order valence-corrected chi connectivity index (χ1v) is 9.31. The van der Waals surface area contributed by atoms with Gasteiger partial charge >= 0.3 is 0 Å². The summed E-state index contributed by atoms with van der Waals surface area (Å²) in [6, 6.07) is 12.5. The molecule has 7 heteroatoms. The van der Waals surface area contributed by atoms with Crippen molar-refractivity contribution < 1.29 is 0 Å². The third-order valence-electron chi connectivity index (χ3n) is 4.93. The molecule has 0 radical (unpaired) electrons. The standard InChI is InChI=1S/C20H25N7/c1-25-9-11-26(12-10-25)20-18(3-2-8-23-20)14-21-13-17-4-6-19(7-5-17)27-16-22-15-24-27/h2-8,15-16,21H,9-14H2,1H3. The highest BCUT2D eigenvalue weighted by Crippen LogP contribution is 2.19. The van der Waals surface area contributed by atoms with Crippen molar-refractivity contribution in [2.75, 3.05) is 38.1 Å². The average Bonchev–Trinajstić information content (AvgIpc) is 3.25. The van der Waals surface area contributed by atoms with Gasteiger partial charge in [0, 0.05) is 51.0 Å². The van der Waals surface area contributed by atoms with Gasteiger partial charge < -0.3 is 15.1 Å². The number of aromatic nitrogens is 4. The van der Waals surface area contributed by atoms with Gasteiger partial charge in [-0.15, -0.1) is 0 Å². The number of nitrogens with one attached hydrogen (secondary N) is 1. The first kappa shape index (κ1) is 17.6. The van der Waals surface area contributed by atoms with Gasteiger partial charge in [0.15, 0.2) is 0 Å². The molecule has 2 aromatic heterocycles. The molecule has 0 spiro atoms. The SMILES string of the molecule is CN1CCN(c2ncccc2CNCc2ccc(-n3cncn3)cc2)CC1. The molecule has 1 aliphatic heterocycles. The molecule has 1 aliphatic rings. The second-order valence-electron chi connectivity index (χ2n) is 6.89. The van der Waals surface area contributed by atoms with Crippen LogP contribution in [0.15, 0.2) is 55.2 Å². The Balaban J connectivity index is 1.35. The molecule has 0 aliphatic carbocycles. The van der Waals surface area contributed by atoms with Crippen molar-refractivity contribution >= 4 is 5.82 Å². The summed E-state index contributed by atoms with van der Waals surface area (Å²) in [6.07, 6.45) is 5.14. The van der Waals surface area contributed by atoms with Gasteiger partial charge in [0.2, 0.25) is 0 Å². The summed E-state index contributed by atoms with van der Waals surface area (Å²) < 4.78 is 1.76. The molecule has 4 rings (SSSR count). The van der Waals surface area contributed by atoms with Crippen LogP contribution in [-0.4, -0.2) is 57.9 Å². The van der Waals surface area contributed by atoms with Gasteiger partial charge in [-0.05, 0) is 30.8 Å². The van der Waals surface area contributed by atoms with Crippen LogP contribution in [0.25, 0.3) is 5.69 Å². The van der Waals surface area contributed by atoms with Crippen LogP contribution in [0, 0.1) is 0 Å². The van der Waals surface area contributed by atoms with Crippen LogP contribution in [0.1, 0.15) is 11.1 Å². The van der Waals surface area contributed by atoms with E-state index in [0.717, 1.165) is 50.8 Å². The van der Waals surface area contributed by atoms with Crippen LogP contribution in [0.5, 0.6) is 0 Å². The van der Waals surface area contributed by atoms with E-state index in [4.69, 9.17) is 0 Å². The highest BCUT2D eigenvalue weighted by Gasteiger charge is 2.17. The zero-order chi connectivity index (χ0) is 18.5. The number of pyridine rings is 1. The molecule has 0 atom stereocenters. The van der Waals surface area contributed by atoms with Crippen molar-refractivity contribution in [3.63, 3.8) is 0 Å². The number of anilines is 1. The molecule has 0 saturated carbocycles. The Hall–Kier alpha value is -2.77. The van der Waals surface area contributed by atoms with Crippen molar-refractivity contribution in [1.29, 1.82) is 0 Å². The van der Waals surface area contributed by atoms with Gasteiger partial charge in [-0.1, -0.05) is 18.2 Å². The second-order valence-corrected chi connectivity index (χ2v) is 6.89. The van der Waals surface area contributed by atoms with E-state index >= 15 is 0 Å². The molecule has 3 aromatic rings. The topological polar surface area (TPSA) is 62.1 Å². The van der Waals surface area contributed by atoms with Gasteiger partial charge in [-0.2, -0.15) is 5.10 Å². The Kier molecular flexibility index (Phi) is 5.41. The molecule has 0 unspecified atom stereocenters. The molecular weight excluding hydrogens is 338 g/mol. The maximum absolute atomic E-state index is 4.64. The maximum atomic E-state index is 4.64. The molecule has 1 aromatic carbocycles. The number of hydrogen-bond donors (Lipinski definition) is 1. The van der Waals surface area contributed by atoms with Crippen molar-refractivity contribution in [2.45, 2.75) is 13.1 Å². The number of nitrogens with zero attached hydrogens (tertiary/aromatic N) is 6. The number of hydrogen-bond acceptors (Lipinski definition) is 6. The Labute approximate surface area is 159 Å². The second kappa shape index (κ2) is 8.28. The average molecular weight is 363 g/mol. The fourth-order valence-electron chi connectivity index (χ4n) is 3.32. The molecule has 140 valence electrons. The normalized spacial score (nSPS) is 15.2. The molecular formula is C20H25N7. The highest BCUT2D eigenvalue weighted by molar-refractivity contribution is 5.47. The third kappa shape index (κ3) is 4.32. The van der Waals surface area contributed by atoms with Crippen molar-refractivity contribution in [2.24, 2.45) is 0 Å². The van der Waals surface area contributed by atoms with E-state index in [1.165, 1.54) is 11.1 Å². The zero-order valence-electron chi connectivity index (χ0n) is 15.6. The van der Waals surface area contributed by atoms with E-state index in [1.807, 2.05) is 12.3 Å². The first-order chi connectivity index (χ1) is 13.3. The maximum Gasteiger partial charge on any atom is 0.138 e. The van der Waals surface area contributed by atoms with Crippen LogP contribution in [0.4, 0.5) is 5.82 Å². The molecule has 1 saturated heterocycles. The van der Waals surface area contributed by atoms with Gasteiger partial charge in [0.25, 0.3) is 0 Å². The lowest BCUT2D eigenvalue weighted by atomic mass is 10.2. The minimum absolute atomic E-state index is 0.806. The summed E-state index contributed by atoms with van der Waals surface area (Å²) in [7, 11) is 2.17. The number of rotatable bonds is 6. The van der Waals surface area contributed by atoms with E-state index in [-0.39, 0.29) is 0 Å². The van der Waals surface area contributed by atoms with Gasteiger partial charge in [0.1, 0.15) is 18.5 Å². The van der Waals surface area contributed by atoms with E-state index in [1.54, 1.807) is 17.3 Å². The largest absolute Gasteiger partial charge is 0.354 e. The summed E-state index contributed by atoms with van der Waals surface area (Å²) in [5, 5.41) is 7.70. The van der Waals surface area contributed by atoms with Crippen LogP contribution in [0.3, 0.4) is 0 Å². The van der Waals surface area contributed by atoms with E-state index in [0.29, 0.717) is 0 Å². The number of likely N-dealkylation sites (N-methyl/N-ethyl adjacent to an activating group) is 1. The lowest BCUT2D eigenvalue weighted by Crippen LogP contribution is -2.45. The Morgan fingerprint density at radius 2 is 1.81 bits per heavy atom. The van der Waals surface area contributed by atoms with Crippen LogP contribution < -0.4 is 10.2 Å². The van der Waals surface area contributed by atoms with Gasteiger partial charge in [0.05, 0.1) is 5.69 Å². The molecule has 7 nitrogen and oxygen atoms in total. The van der Waals surface area contributed by atoms with Crippen molar-refractivity contribution in [3.05, 3.63) is 66.4 Å². The smallest absolute Gasteiger partial charge is 0.138 e. The summed E-state index contributed by atoms with van der Waals surface area (Å²) >= 11 is 0. The lowest BCUT2D eigenvalue weighted by Gasteiger charge is -2.34. The van der Waals surface area contributed by atoms with Crippen LogP contribution in [0.2, 0.25) is 0 Å². The number of piperazine rings is 1. The lowest BCUT2D eigenvalue weighted by molar-refractivity contribution is 0.311. The summed E-state index contributed by atoms with van der Waals surface area (Å²) in [6.45, 7) is 5.85. The van der Waals surface area contributed by atoms with E-state index < -0.39 is 0 Å². The summed E-state index contributed by atoms with van der Waals surface area (Å²) in [4.78, 5) is 13.4. The monoisotopic (exact) mass is 363 g/mol. The Morgan fingerprint density at radius 3 is 2.56 bits per heavy atom. The summed E-state index contributed by atoms with van der Waals surface area (Å²) in [5.41, 5.74) is 3.51. The zero-order valence-corrected chi connectivity index (χ0v) is 15.6. The number of benzene rings is 1. The molecule has 1 N–H and O–H groups in total. The van der Waals surface area contributed by atoms with Crippen LogP contribution in [-0.2, 0) is 13.1 Å². The minimum atomic E-state index is 0.806. The highest BCUT2D eigenvalue weighted by atomic mass is 15.3. The van der Waals surface area contributed by atoms with E-state index in [2.05, 4.69) is 67.6 Å². The molecule has 3 heterocycles. The quantitative estimate of drug-likeness (QED) is 0.719. The molecule has 0 bridgehead atoms. The minimum Gasteiger partial charge on any atom is -0.354 e. The fourth-order valence-corrected chi connectivity index (χ4v) is 3.32. The predicted octanol–water partition coefficient (Wildman–Crippen LogP) is 1.70. The summed E-state index contributed by atoms with van der Waals surface area (Å²) in [5.74, 6) is 1.11.